The molecule has 1 aromatic carbocycles. The number of hydrogen-bond donors (Lipinski definition) is 1. The van der Waals surface area contributed by atoms with Crippen LogP contribution in [0.15, 0.2) is 36.5 Å². The van der Waals surface area contributed by atoms with Crippen molar-refractivity contribution >= 4 is 20.9 Å². The Morgan fingerprint density at radius 1 is 1.33 bits per heavy atom. The summed E-state index contributed by atoms with van der Waals surface area (Å²) in [7, 11) is -3.09. The van der Waals surface area contributed by atoms with Gasteiger partial charge in [-0.05, 0) is 36.1 Å². The highest BCUT2D eigenvalue weighted by Crippen LogP contribution is 2.23. The predicted octanol–water partition coefficient (Wildman–Crippen LogP) is 2.38. The number of benzene rings is 1. The quantitative estimate of drug-likeness (QED) is 0.902. The monoisotopic (exact) mass is 347 g/mol. The molecule has 130 valence electrons. The normalized spacial score (nSPS) is 22.8. The van der Waals surface area contributed by atoms with Crippen molar-refractivity contribution < 1.29 is 8.42 Å². The summed E-state index contributed by atoms with van der Waals surface area (Å²) in [6.07, 6.45) is 4.95. The van der Waals surface area contributed by atoms with Gasteiger partial charge in [0.05, 0.1) is 11.8 Å². The zero-order valence-corrected chi connectivity index (χ0v) is 15.1. The molecule has 6 heteroatoms. The SMILES string of the molecule is CC[C@@H]1CN(S(C)(=O)=O)CC[C@H]1NCc1ccc2ncccc2c1. The van der Waals surface area contributed by atoms with E-state index in [4.69, 9.17) is 0 Å². The number of pyridine rings is 1. The number of nitrogens with one attached hydrogen (secondary N) is 1. The minimum atomic E-state index is -3.09. The molecule has 0 radical (unpaired) electrons. The van der Waals surface area contributed by atoms with Crippen LogP contribution in [-0.2, 0) is 16.6 Å². The molecule has 0 unspecified atom stereocenters. The van der Waals surface area contributed by atoms with Crippen molar-refractivity contribution in [1.82, 2.24) is 14.6 Å². The highest BCUT2D eigenvalue weighted by molar-refractivity contribution is 7.88. The van der Waals surface area contributed by atoms with Gasteiger partial charge in [-0.3, -0.25) is 4.98 Å². The van der Waals surface area contributed by atoms with Crippen LogP contribution in [0.2, 0.25) is 0 Å². The molecule has 0 bridgehead atoms. The number of piperidine rings is 1. The lowest BCUT2D eigenvalue weighted by Gasteiger charge is -2.37. The van der Waals surface area contributed by atoms with Crippen LogP contribution in [0.5, 0.6) is 0 Å². The Hall–Kier alpha value is -1.50. The molecule has 1 saturated heterocycles. The third-order valence-corrected chi connectivity index (χ3v) is 6.20. The van der Waals surface area contributed by atoms with Gasteiger partial charge in [-0.2, -0.15) is 0 Å². The molecule has 0 amide bonds. The Labute approximate surface area is 144 Å². The topological polar surface area (TPSA) is 62.3 Å². The predicted molar refractivity (Wildman–Crippen MR) is 97.2 cm³/mol. The van der Waals surface area contributed by atoms with E-state index < -0.39 is 10.0 Å². The summed E-state index contributed by atoms with van der Waals surface area (Å²) in [5, 5.41) is 4.78. The Morgan fingerprint density at radius 3 is 2.92 bits per heavy atom. The maximum Gasteiger partial charge on any atom is 0.211 e. The fourth-order valence-electron chi connectivity index (χ4n) is 3.47. The number of nitrogens with zero attached hydrogens (tertiary/aromatic N) is 2. The van der Waals surface area contributed by atoms with E-state index in [0.29, 0.717) is 25.0 Å². The standard InChI is InChI=1S/C18H25N3O2S/c1-3-15-13-21(24(2,22)23)10-8-18(15)20-12-14-6-7-17-16(11-14)5-4-9-19-17/h4-7,9,11,15,18,20H,3,8,10,12-13H2,1-2H3/t15-,18-/m1/s1. The lowest BCUT2D eigenvalue weighted by Crippen LogP contribution is -2.50. The van der Waals surface area contributed by atoms with Gasteiger partial charge in [-0.1, -0.05) is 25.5 Å². The maximum atomic E-state index is 11.8. The van der Waals surface area contributed by atoms with Crippen molar-refractivity contribution in [3.8, 4) is 0 Å². The van der Waals surface area contributed by atoms with Gasteiger partial charge in [-0.15, -0.1) is 0 Å². The van der Waals surface area contributed by atoms with Crippen LogP contribution < -0.4 is 5.32 Å². The van der Waals surface area contributed by atoms with Crippen molar-refractivity contribution in [2.45, 2.75) is 32.4 Å². The first-order valence-electron chi connectivity index (χ1n) is 8.49. The minimum Gasteiger partial charge on any atom is -0.310 e. The van der Waals surface area contributed by atoms with E-state index in [1.54, 1.807) is 4.31 Å². The van der Waals surface area contributed by atoms with Gasteiger partial charge in [0.15, 0.2) is 0 Å². The maximum absolute atomic E-state index is 11.8. The molecule has 0 aliphatic carbocycles. The van der Waals surface area contributed by atoms with Crippen molar-refractivity contribution in [3.63, 3.8) is 0 Å². The van der Waals surface area contributed by atoms with Gasteiger partial charge in [0.1, 0.15) is 0 Å². The molecule has 1 aliphatic rings. The van der Waals surface area contributed by atoms with E-state index in [1.165, 1.54) is 11.8 Å². The number of aromatic nitrogens is 1. The summed E-state index contributed by atoms with van der Waals surface area (Å²) in [5.41, 5.74) is 2.24. The van der Waals surface area contributed by atoms with Gasteiger partial charge in [-0.25, -0.2) is 12.7 Å². The molecule has 0 spiro atoms. The Morgan fingerprint density at radius 2 is 2.17 bits per heavy atom. The zero-order valence-electron chi connectivity index (χ0n) is 14.3. The summed E-state index contributed by atoms with van der Waals surface area (Å²) in [6.45, 7) is 4.15. The molecule has 3 rings (SSSR count). The first kappa shape index (κ1) is 17.3. The minimum absolute atomic E-state index is 0.357. The average molecular weight is 347 g/mol. The van der Waals surface area contributed by atoms with E-state index in [-0.39, 0.29) is 0 Å². The summed E-state index contributed by atoms with van der Waals surface area (Å²) >= 11 is 0. The van der Waals surface area contributed by atoms with Crippen molar-refractivity contribution in [1.29, 1.82) is 0 Å². The molecule has 1 aliphatic heterocycles. The van der Waals surface area contributed by atoms with E-state index in [0.717, 1.165) is 30.3 Å². The smallest absolute Gasteiger partial charge is 0.211 e. The average Bonchev–Trinajstić information content (AvgIpc) is 2.58. The number of rotatable bonds is 5. The second-order valence-electron chi connectivity index (χ2n) is 6.60. The third-order valence-electron chi connectivity index (χ3n) is 4.93. The van der Waals surface area contributed by atoms with Crippen LogP contribution in [-0.4, -0.2) is 43.1 Å². The number of sulfonamides is 1. The fraction of sp³-hybridized carbons (Fsp3) is 0.500. The molecular weight excluding hydrogens is 322 g/mol. The van der Waals surface area contributed by atoms with E-state index in [1.807, 2.05) is 12.3 Å². The molecule has 1 N–H and O–H groups in total. The molecule has 2 aromatic rings. The summed E-state index contributed by atoms with van der Waals surface area (Å²) < 4.78 is 25.1. The first-order valence-corrected chi connectivity index (χ1v) is 10.3. The first-order chi connectivity index (χ1) is 11.5. The van der Waals surface area contributed by atoms with Crippen LogP contribution in [0.25, 0.3) is 10.9 Å². The van der Waals surface area contributed by atoms with Gasteiger partial charge in [0.25, 0.3) is 0 Å². The van der Waals surface area contributed by atoms with E-state index >= 15 is 0 Å². The Kier molecular flexibility index (Phi) is 5.18. The number of fused-ring (bicyclic) bond motifs is 1. The van der Waals surface area contributed by atoms with Gasteiger partial charge < -0.3 is 5.32 Å². The molecule has 0 saturated carbocycles. The van der Waals surface area contributed by atoms with Gasteiger partial charge in [0.2, 0.25) is 10.0 Å². The molecule has 1 fully saturated rings. The summed E-state index contributed by atoms with van der Waals surface area (Å²) in [4.78, 5) is 4.35. The largest absolute Gasteiger partial charge is 0.310 e. The summed E-state index contributed by atoms with van der Waals surface area (Å²) in [6, 6.07) is 10.7. The third kappa shape index (κ3) is 3.94. The molecule has 24 heavy (non-hydrogen) atoms. The highest BCUT2D eigenvalue weighted by atomic mass is 32.2. The van der Waals surface area contributed by atoms with Crippen LogP contribution in [0.4, 0.5) is 0 Å². The van der Waals surface area contributed by atoms with Crippen molar-refractivity contribution in [3.05, 3.63) is 42.1 Å². The summed E-state index contributed by atoms with van der Waals surface area (Å²) in [5.74, 6) is 0.357. The van der Waals surface area contributed by atoms with Crippen LogP contribution >= 0.6 is 0 Å². The van der Waals surface area contributed by atoms with Gasteiger partial charge >= 0.3 is 0 Å². The highest BCUT2D eigenvalue weighted by Gasteiger charge is 2.31. The number of hydrogen-bond acceptors (Lipinski definition) is 4. The van der Waals surface area contributed by atoms with E-state index in [9.17, 15) is 8.42 Å². The lowest BCUT2D eigenvalue weighted by atomic mass is 9.91. The molecule has 5 nitrogen and oxygen atoms in total. The van der Waals surface area contributed by atoms with Crippen LogP contribution in [0.3, 0.4) is 0 Å². The lowest BCUT2D eigenvalue weighted by molar-refractivity contribution is 0.202. The Balaban J connectivity index is 1.64. The molecule has 2 atom stereocenters. The Bertz CT molecular complexity index is 807. The van der Waals surface area contributed by atoms with Gasteiger partial charge in [0, 0.05) is 37.3 Å². The molecule has 1 aromatic heterocycles. The van der Waals surface area contributed by atoms with Crippen molar-refractivity contribution in [2.24, 2.45) is 5.92 Å². The molecular formula is C18H25N3O2S. The second-order valence-corrected chi connectivity index (χ2v) is 8.58. The van der Waals surface area contributed by atoms with Crippen LogP contribution in [0.1, 0.15) is 25.3 Å². The zero-order chi connectivity index (χ0) is 17.2. The second kappa shape index (κ2) is 7.17. The fourth-order valence-corrected chi connectivity index (χ4v) is 4.37. The molecule has 2 heterocycles. The van der Waals surface area contributed by atoms with Crippen LogP contribution in [0, 0.1) is 5.92 Å². The van der Waals surface area contributed by atoms with E-state index in [2.05, 4.69) is 41.5 Å². The van der Waals surface area contributed by atoms with Crippen molar-refractivity contribution in [2.75, 3.05) is 19.3 Å².